The lowest BCUT2D eigenvalue weighted by molar-refractivity contribution is 0.171. The van der Waals surface area contributed by atoms with Crippen LogP contribution in [0.1, 0.15) is 12.8 Å². The summed E-state index contributed by atoms with van der Waals surface area (Å²) in [7, 11) is -11.1. The third-order valence-corrected chi connectivity index (χ3v) is 30.2. The van der Waals surface area contributed by atoms with Crippen LogP contribution in [-0.4, -0.2) is 64.3 Å². The normalized spacial score (nSPS) is 12.3. The second-order valence-electron chi connectivity index (χ2n) is 19.1. The fraction of sp³-hybridized carbons (Fsp3) is 0.226. The van der Waals surface area contributed by atoms with Crippen molar-refractivity contribution in [3.05, 3.63) is 243 Å². The molecule has 0 saturated heterocycles. The summed E-state index contributed by atoms with van der Waals surface area (Å²) >= 11 is 0. The average Bonchev–Trinajstić information content (AvgIpc) is 3.46. The molecule has 0 aromatic heterocycles. The minimum absolute atomic E-state index is 0.580. The van der Waals surface area contributed by atoms with Crippen LogP contribution in [-0.2, 0) is 26.6 Å². The SMILES string of the molecule is C[Si](C)(OCCC[Si](C)(OCP(c1ccccc1)c1ccccc1)OCP(c1ccccc1)c1ccccc1)OCCC[Si](C)(OCP(c1ccccc1)c1ccccc1)OCP(c1ccccc1)c1ccccc1. The molecule has 0 bridgehead atoms. The molecule has 8 rings (SSSR count). The van der Waals surface area contributed by atoms with Crippen molar-refractivity contribution in [1.82, 2.24) is 0 Å². The first-order valence-corrected chi connectivity index (χ1v) is 40.0. The van der Waals surface area contributed by atoms with Crippen LogP contribution in [0, 0.1) is 0 Å². The van der Waals surface area contributed by atoms with Gasteiger partial charge in [-0.25, -0.2) is 0 Å². The van der Waals surface area contributed by atoms with Gasteiger partial charge in [-0.15, -0.1) is 0 Å². The Morgan fingerprint density at radius 3 is 0.600 bits per heavy atom. The van der Waals surface area contributed by atoms with E-state index in [9.17, 15) is 0 Å². The molecular formula is C62H72O6P4Si3. The van der Waals surface area contributed by atoms with E-state index >= 15 is 0 Å². The number of hydrogen-bond acceptors (Lipinski definition) is 6. The molecule has 8 aromatic rings. The Morgan fingerprint density at radius 1 is 0.253 bits per heavy atom. The fourth-order valence-electron chi connectivity index (χ4n) is 8.70. The fourth-order valence-corrected chi connectivity index (χ4v) is 25.4. The summed E-state index contributed by atoms with van der Waals surface area (Å²) in [6.45, 7) is 10.0. The topological polar surface area (TPSA) is 55.4 Å². The quantitative estimate of drug-likeness (QED) is 0.0254. The number of benzene rings is 8. The van der Waals surface area contributed by atoms with Crippen LogP contribution >= 0.6 is 31.7 Å². The van der Waals surface area contributed by atoms with Crippen LogP contribution < -0.4 is 42.4 Å². The van der Waals surface area contributed by atoms with Gasteiger partial charge in [0.05, 0.1) is 25.4 Å². The Kier molecular flexibility index (Phi) is 22.5. The Balaban J connectivity index is 0.924. The molecule has 6 nitrogen and oxygen atoms in total. The average molecular weight is 1120 g/mol. The molecule has 0 fully saturated rings. The largest absolute Gasteiger partial charge is 0.395 e. The molecule has 0 atom stereocenters. The van der Waals surface area contributed by atoms with Crippen molar-refractivity contribution in [1.29, 1.82) is 0 Å². The van der Waals surface area contributed by atoms with Gasteiger partial charge in [0, 0.05) is 13.2 Å². The van der Waals surface area contributed by atoms with Gasteiger partial charge in [0.2, 0.25) is 0 Å². The lowest BCUT2D eigenvalue weighted by Gasteiger charge is -2.32. The summed E-state index contributed by atoms with van der Waals surface area (Å²) < 4.78 is 42.3. The minimum Gasteiger partial charge on any atom is -0.395 e. The van der Waals surface area contributed by atoms with E-state index in [4.69, 9.17) is 26.6 Å². The highest BCUT2D eigenvalue weighted by molar-refractivity contribution is 7.74. The number of hydrogen-bond donors (Lipinski definition) is 0. The Morgan fingerprint density at radius 2 is 0.427 bits per heavy atom. The van der Waals surface area contributed by atoms with E-state index in [1.54, 1.807) is 0 Å². The van der Waals surface area contributed by atoms with Crippen LogP contribution in [0.2, 0.25) is 38.3 Å². The molecule has 388 valence electrons. The second-order valence-corrected chi connectivity index (χ2v) is 37.7. The molecule has 0 unspecified atom stereocenters. The Hall–Kier alpha value is -4.11. The third-order valence-electron chi connectivity index (χ3n) is 13.0. The van der Waals surface area contributed by atoms with Gasteiger partial charge >= 0.3 is 25.7 Å². The molecular weight excluding hydrogens is 1050 g/mol. The monoisotopic (exact) mass is 1120 g/mol. The smallest absolute Gasteiger partial charge is 0.335 e. The first-order valence-electron chi connectivity index (χ1n) is 26.0. The lowest BCUT2D eigenvalue weighted by Crippen LogP contribution is -2.42. The van der Waals surface area contributed by atoms with E-state index in [0.29, 0.717) is 38.6 Å². The first kappa shape index (κ1) is 57.1. The van der Waals surface area contributed by atoms with E-state index in [0.717, 1.165) is 24.9 Å². The van der Waals surface area contributed by atoms with E-state index < -0.39 is 57.4 Å². The van der Waals surface area contributed by atoms with Gasteiger partial charge in [0.15, 0.2) is 0 Å². The molecule has 0 aliphatic heterocycles. The van der Waals surface area contributed by atoms with Gasteiger partial charge < -0.3 is 26.6 Å². The van der Waals surface area contributed by atoms with Crippen molar-refractivity contribution < 1.29 is 26.6 Å². The predicted octanol–water partition coefficient (Wildman–Crippen LogP) is 13.1. The first-order chi connectivity index (χ1) is 36.7. The standard InChI is InChI=1S/C62H72O6P4Si3/c1-73(2,63-47-29-49-74(3,65-51-69(55-31-13-5-14-32-55)56-33-15-6-16-34-56)66-52-70(57-35-17-7-18-36-57)58-37-19-8-20-38-58)64-48-30-50-75(4,67-53-71(59-39-21-9-22-40-59)60-41-23-10-24-42-60)68-54-72(61-43-25-11-26-44-61)62-45-27-12-28-46-62/h5-28,31-46H,29-30,47-54H2,1-4H3. The molecule has 0 aliphatic rings. The summed E-state index contributed by atoms with van der Waals surface area (Å²) in [6.07, 6.45) is 4.02. The molecule has 0 amide bonds. The van der Waals surface area contributed by atoms with Crippen LogP contribution in [0.15, 0.2) is 243 Å². The van der Waals surface area contributed by atoms with Gasteiger partial charge in [0.1, 0.15) is 0 Å². The summed E-state index contributed by atoms with van der Waals surface area (Å²) in [4.78, 5) is 0. The van der Waals surface area contributed by atoms with E-state index in [1.807, 2.05) is 0 Å². The Bertz CT molecular complexity index is 2290. The molecule has 0 saturated carbocycles. The van der Waals surface area contributed by atoms with Gasteiger partial charge in [-0.1, -0.05) is 243 Å². The summed E-state index contributed by atoms with van der Waals surface area (Å²) in [5.74, 6) is 0. The van der Waals surface area contributed by atoms with Gasteiger partial charge in [-0.3, -0.25) is 0 Å². The summed E-state index contributed by atoms with van der Waals surface area (Å²) in [5.41, 5.74) is 0. The van der Waals surface area contributed by atoms with E-state index in [2.05, 4.69) is 269 Å². The molecule has 75 heavy (non-hydrogen) atoms. The highest BCUT2D eigenvalue weighted by Crippen LogP contribution is 2.41. The third kappa shape index (κ3) is 18.0. The predicted molar refractivity (Wildman–Crippen MR) is 332 cm³/mol. The lowest BCUT2D eigenvalue weighted by atomic mass is 10.4. The van der Waals surface area contributed by atoms with E-state index in [1.165, 1.54) is 42.4 Å². The highest BCUT2D eigenvalue weighted by Gasteiger charge is 2.37. The summed E-state index contributed by atoms with van der Waals surface area (Å²) in [5, 5.41) is 10.4. The maximum atomic E-state index is 7.20. The molecule has 0 aliphatic carbocycles. The van der Waals surface area contributed by atoms with Crippen LogP contribution in [0.3, 0.4) is 0 Å². The van der Waals surface area contributed by atoms with Crippen LogP contribution in [0.5, 0.6) is 0 Å². The van der Waals surface area contributed by atoms with Crippen molar-refractivity contribution in [3.8, 4) is 0 Å². The van der Waals surface area contributed by atoms with Crippen molar-refractivity contribution in [2.24, 2.45) is 0 Å². The molecule has 13 heteroatoms. The summed E-state index contributed by atoms with van der Waals surface area (Å²) in [6, 6.07) is 88.1. The molecule has 0 N–H and O–H groups in total. The van der Waals surface area contributed by atoms with Crippen molar-refractivity contribution in [2.45, 2.75) is 51.1 Å². The van der Waals surface area contributed by atoms with Gasteiger partial charge in [0.25, 0.3) is 0 Å². The maximum Gasteiger partial charge on any atom is 0.335 e. The maximum absolute atomic E-state index is 7.20. The van der Waals surface area contributed by atoms with Crippen LogP contribution in [0.25, 0.3) is 0 Å². The minimum atomic E-state index is -2.77. The zero-order valence-electron chi connectivity index (χ0n) is 43.9. The van der Waals surface area contributed by atoms with Crippen molar-refractivity contribution >= 4 is 99.8 Å². The van der Waals surface area contributed by atoms with Crippen molar-refractivity contribution in [3.63, 3.8) is 0 Å². The van der Waals surface area contributed by atoms with Gasteiger partial charge in [-0.2, -0.15) is 0 Å². The molecule has 0 radical (unpaired) electrons. The number of rotatable bonds is 30. The van der Waals surface area contributed by atoms with E-state index in [-0.39, 0.29) is 0 Å². The second kappa shape index (κ2) is 29.6. The molecule has 0 heterocycles. The molecule has 8 aromatic carbocycles. The van der Waals surface area contributed by atoms with Crippen LogP contribution in [0.4, 0.5) is 0 Å². The van der Waals surface area contributed by atoms with Gasteiger partial charge in [-0.05, 0) is 125 Å². The highest BCUT2D eigenvalue weighted by atomic mass is 31.1. The molecule has 0 spiro atoms. The van der Waals surface area contributed by atoms with Crippen molar-refractivity contribution in [2.75, 3.05) is 38.6 Å². The zero-order chi connectivity index (χ0) is 52.0. The Labute approximate surface area is 456 Å². The zero-order valence-corrected chi connectivity index (χ0v) is 50.5.